The molecule has 1 saturated carbocycles. The van der Waals surface area contributed by atoms with Crippen LogP contribution in [0.1, 0.15) is 37.3 Å². The summed E-state index contributed by atoms with van der Waals surface area (Å²) in [6.07, 6.45) is -1.86. The van der Waals surface area contributed by atoms with Crippen molar-refractivity contribution in [1.29, 1.82) is 0 Å². The van der Waals surface area contributed by atoms with Gasteiger partial charge in [-0.1, -0.05) is 19.1 Å². The molecule has 1 aromatic carbocycles. The van der Waals surface area contributed by atoms with Crippen LogP contribution in [0.4, 0.5) is 13.2 Å². The fourth-order valence-corrected chi connectivity index (χ4v) is 2.54. The first kappa shape index (κ1) is 12.4. The van der Waals surface area contributed by atoms with Crippen LogP contribution in [-0.4, -0.2) is 5.11 Å². The van der Waals surface area contributed by atoms with Gasteiger partial charge in [0.2, 0.25) is 0 Å². The average molecular weight is 244 g/mol. The van der Waals surface area contributed by atoms with Crippen LogP contribution >= 0.6 is 0 Å². The maximum absolute atomic E-state index is 12.4. The van der Waals surface area contributed by atoms with Gasteiger partial charge in [0.1, 0.15) is 0 Å². The van der Waals surface area contributed by atoms with E-state index in [9.17, 15) is 18.3 Å². The summed E-state index contributed by atoms with van der Waals surface area (Å²) in [5, 5.41) is 10.4. The standard InChI is InChI=1S/C13H15F3O/c1-9-3-2-8-12(9,17)10-4-6-11(7-5-10)13(14,15)16/h4-7,9,17H,2-3,8H2,1H3. The van der Waals surface area contributed by atoms with Gasteiger partial charge in [-0.3, -0.25) is 0 Å². The van der Waals surface area contributed by atoms with E-state index < -0.39 is 17.3 Å². The maximum atomic E-state index is 12.4. The molecule has 2 atom stereocenters. The van der Waals surface area contributed by atoms with Crippen LogP contribution in [0.25, 0.3) is 0 Å². The number of hydrogen-bond acceptors (Lipinski definition) is 1. The van der Waals surface area contributed by atoms with Gasteiger partial charge in [-0.05, 0) is 42.9 Å². The molecule has 1 fully saturated rings. The second kappa shape index (κ2) is 4.02. The lowest BCUT2D eigenvalue weighted by molar-refractivity contribution is -0.137. The molecule has 94 valence electrons. The van der Waals surface area contributed by atoms with Crippen molar-refractivity contribution in [3.63, 3.8) is 0 Å². The lowest BCUT2D eigenvalue weighted by atomic mass is 9.85. The third-order valence-corrected chi connectivity index (χ3v) is 3.72. The van der Waals surface area contributed by atoms with E-state index >= 15 is 0 Å². The summed E-state index contributed by atoms with van der Waals surface area (Å²) in [4.78, 5) is 0. The predicted octanol–water partition coefficient (Wildman–Crippen LogP) is 3.71. The van der Waals surface area contributed by atoms with Crippen molar-refractivity contribution in [3.8, 4) is 0 Å². The van der Waals surface area contributed by atoms with Gasteiger partial charge in [-0.15, -0.1) is 0 Å². The molecule has 0 aliphatic heterocycles. The minimum atomic E-state index is -4.32. The third-order valence-electron chi connectivity index (χ3n) is 3.72. The van der Waals surface area contributed by atoms with Crippen LogP contribution in [0.5, 0.6) is 0 Å². The van der Waals surface area contributed by atoms with Gasteiger partial charge in [0, 0.05) is 0 Å². The smallest absolute Gasteiger partial charge is 0.385 e. The molecule has 0 amide bonds. The van der Waals surface area contributed by atoms with Crippen LogP contribution in [0.2, 0.25) is 0 Å². The fourth-order valence-electron chi connectivity index (χ4n) is 2.54. The molecule has 0 spiro atoms. The fraction of sp³-hybridized carbons (Fsp3) is 0.538. The number of benzene rings is 1. The molecule has 1 aromatic rings. The molecule has 0 radical (unpaired) electrons. The summed E-state index contributed by atoms with van der Waals surface area (Å²) < 4.78 is 37.2. The maximum Gasteiger partial charge on any atom is 0.416 e. The molecule has 17 heavy (non-hydrogen) atoms. The quantitative estimate of drug-likeness (QED) is 0.798. The van der Waals surface area contributed by atoms with E-state index in [0.717, 1.165) is 25.0 Å². The van der Waals surface area contributed by atoms with Crippen LogP contribution in [0.15, 0.2) is 24.3 Å². The minimum Gasteiger partial charge on any atom is -0.385 e. The second-order valence-electron chi connectivity index (χ2n) is 4.79. The predicted molar refractivity (Wildman–Crippen MR) is 58.4 cm³/mol. The Hall–Kier alpha value is -1.03. The monoisotopic (exact) mass is 244 g/mol. The van der Waals surface area contributed by atoms with Gasteiger partial charge in [0.05, 0.1) is 11.2 Å². The highest BCUT2D eigenvalue weighted by Gasteiger charge is 2.40. The van der Waals surface area contributed by atoms with Crippen molar-refractivity contribution >= 4 is 0 Å². The number of hydrogen-bond donors (Lipinski definition) is 1. The summed E-state index contributed by atoms with van der Waals surface area (Å²) >= 11 is 0. The summed E-state index contributed by atoms with van der Waals surface area (Å²) in [5.41, 5.74) is -1.03. The third kappa shape index (κ3) is 2.18. The van der Waals surface area contributed by atoms with Gasteiger partial charge < -0.3 is 5.11 Å². The van der Waals surface area contributed by atoms with Gasteiger partial charge in [0.25, 0.3) is 0 Å². The molecule has 2 unspecified atom stereocenters. The lowest BCUT2D eigenvalue weighted by Crippen LogP contribution is -2.28. The first-order chi connectivity index (χ1) is 7.84. The molecule has 0 saturated heterocycles. The van der Waals surface area contributed by atoms with Crippen LogP contribution in [0.3, 0.4) is 0 Å². The van der Waals surface area contributed by atoms with Crippen LogP contribution in [0, 0.1) is 5.92 Å². The molecule has 1 aliphatic rings. The number of aliphatic hydroxyl groups is 1. The Labute approximate surface area is 98.3 Å². The Balaban J connectivity index is 2.30. The molecular weight excluding hydrogens is 229 g/mol. The van der Waals surface area contributed by atoms with Crippen molar-refractivity contribution in [3.05, 3.63) is 35.4 Å². The van der Waals surface area contributed by atoms with E-state index in [1.165, 1.54) is 12.1 Å². The van der Waals surface area contributed by atoms with Gasteiger partial charge in [-0.2, -0.15) is 13.2 Å². The molecule has 1 N–H and O–H groups in total. The van der Waals surface area contributed by atoms with E-state index in [-0.39, 0.29) is 5.92 Å². The Morgan fingerprint density at radius 2 is 1.82 bits per heavy atom. The lowest BCUT2D eigenvalue weighted by Gasteiger charge is -2.28. The van der Waals surface area contributed by atoms with E-state index in [1.807, 2.05) is 6.92 Å². The van der Waals surface area contributed by atoms with Crippen molar-refractivity contribution in [2.45, 2.75) is 38.0 Å². The van der Waals surface area contributed by atoms with Crippen molar-refractivity contribution in [2.24, 2.45) is 5.92 Å². The molecule has 4 heteroatoms. The summed E-state index contributed by atoms with van der Waals surface area (Å²) in [6, 6.07) is 4.87. The zero-order valence-corrected chi connectivity index (χ0v) is 9.59. The number of alkyl halides is 3. The van der Waals surface area contributed by atoms with E-state index in [0.29, 0.717) is 12.0 Å². The Morgan fingerprint density at radius 3 is 2.24 bits per heavy atom. The number of rotatable bonds is 1. The Morgan fingerprint density at radius 1 is 1.24 bits per heavy atom. The van der Waals surface area contributed by atoms with E-state index in [1.54, 1.807) is 0 Å². The SMILES string of the molecule is CC1CCCC1(O)c1ccc(C(F)(F)F)cc1. The van der Waals surface area contributed by atoms with E-state index in [2.05, 4.69) is 0 Å². The topological polar surface area (TPSA) is 20.2 Å². The average Bonchev–Trinajstić information content (AvgIpc) is 2.60. The van der Waals surface area contributed by atoms with Crippen molar-refractivity contribution in [1.82, 2.24) is 0 Å². The zero-order valence-electron chi connectivity index (χ0n) is 9.59. The highest BCUT2D eigenvalue weighted by atomic mass is 19.4. The molecule has 0 heterocycles. The van der Waals surface area contributed by atoms with Gasteiger partial charge >= 0.3 is 6.18 Å². The molecule has 1 aliphatic carbocycles. The summed E-state index contributed by atoms with van der Waals surface area (Å²) in [5.74, 6) is 0.0965. The molecule has 2 rings (SSSR count). The van der Waals surface area contributed by atoms with Crippen molar-refractivity contribution in [2.75, 3.05) is 0 Å². The zero-order chi connectivity index (χ0) is 12.7. The normalized spacial score (nSPS) is 29.6. The molecule has 0 bridgehead atoms. The van der Waals surface area contributed by atoms with E-state index in [4.69, 9.17) is 0 Å². The Bertz CT molecular complexity index is 396. The number of halogens is 3. The largest absolute Gasteiger partial charge is 0.416 e. The van der Waals surface area contributed by atoms with Gasteiger partial charge in [-0.25, -0.2) is 0 Å². The molecule has 1 nitrogen and oxygen atoms in total. The highest BCUT2D eigenvalue weighted by molar-refractivity contribution is 5.30. The van der Waals surface area contributed by atoms with Crippen LogP contribution in [-0.2, 0) is 11.8 Å². The van der Waals surface area contributed by atoms with Crippen LogP contribution < -0.4 is 0 Å². The molecule has 0 aromatic heterocycles. The highest BCUT2D eigenvalue weighted by Crippen LogP contribution is 2.43. The first-order valence-electron chi connectivity index (χ1n) is 5.74. The first-order valence-corrected chi connectivity index (χ1v) is 5.74. The summed E-state index contributed by atoms with van der Waals surface area (Å²) in [7, 11) is 0. The van der Waals surface area contributed by atoms with Gasteiger partial charge in [0.15, 0.2) is 0 Å². The summed E-state index contributed by atoms with van der Waals surface area (Å²) in [6.45, 7) is 1.94. The minimum absolute atomic E-state index is 0.0965. The second-order valence-corrected chi connectivity index (χ2v) is 4.79. The Kier molecular flexibility index (Phi) is 2.94. The van der Waals surface area contributed by atoms with Crippen molar-refractivity contribution < 1.29 is 18.3 Å². The molecular formula is C13H15F3O.